The normalized spacial score (nSPS) is 26.0. The van der Waals surface area contributed by atoms with Crippen molar-refractivity contribution in [3.8, 4) is 5.88 Å². The Labute approximate surface area is 126 Å². The summed E-state index contributed by atoms with van der Waals surface area (Å²) in [6.07, 6.45) is 3.75. The van der Waals surface area contributed by atoms with Gasteiger partial charge in [-0.25, -0.2) is 4.98 Å². The fourth-order valence-electron chi connectivity index (χ4n) is 3.18. The number of fused-ring (bicyclic) bond motifs is 1. The van der Waals surface area contributed by atoms with Gasteiger partial charge in [0.15, 0.2) is 0 Å². The van der Waals surface area contributed by atoms with E-state index in [0.717, 1.165) is 41.1 Å². The van der Waals surface area contributed by atoms with E-state index in [1.54, 1.807) is 0 Å². The molecule has 3 rings (SSSR count). The third-order valence-corrected chi connectivity index (χ3v) is 4.80. The zero-order valence-corrected chi connectivity index (χ0v) is 12.9. The molecule has 0 spiro atoms. The summed E-state index contributed by atoms with van der Waals surface area (Å²) in [5, 5.41) is 2.24. The molecule has 0 aliphatic heterocycles. The molecule has 1 fully saturated rings. The molecule has 2 aromatic rings. The number of hydrogen-bond donors (Lipinski definition) is 1. The Morgan fingerprint density at radius 1 is 1.19 bits per heavy atom. The van der Waals surface area contributed by atoms with E-state index in [1.165, 1.54) is 6.42 Å². The molecule has 1 heterocycles. The highest BCUT2D eigenvalue weighted by atomic mass is 16.5. The van der Waals surface area contributed by atoms with Gasteiger partial charge >= 0.3 is 0 Å². The molecular formula is C18H24N2O. The first-order chi connectivity index (χ1) is 10.2. The maximum Gasteiger partial charge on any atom is 0.221 e. The number of nitrogens with zero attached hydrogens (tertiary/aromatic N) is 1. The van der Waals surface area contributed by atoms with Gasteiger partial charge in [-0.2, -0.15) is 0 Å². The molecule has 3 heteroatoms. The van der Waals surface area contributed by atoms with E-state index in [-0.39, 0.29) is 6.10 Å². The van der Waals surface area contributed by atoms with Crippen molar-refractivity contribution in [1.82, 2.24) is 4.98 Å². The average molecular weight is 284 g/mol. The molecule has 1 aromatic heterocycles. The summed E-state index contributed by atoms with van der Waals surface area (Å²) >= 11 is 0. The average Bonchev–Trinajstić information content (AvgIpc) is 2.51. The highest BCUT2D eigenvalue weighted by Gasteiger charge is 2.26. The number of pyridine rings is 1. The molecule has 1 aliphatic rings. The van der Waals surface area contributed by atoms with E-state index in [9.17, 15) is 0 Å². The fraction of sp³-hybridized carbons (Fsp3) is 0.500. The van der Waals surface area contributed by atoms with Crippen LogP contribution < -0.4 is 10.5 Å². The van der Waals surface area contributed by atoms with E-state index in [2.05, 4.69) is 31.0 Å². The van der Waals surface area contributed by atoms with Gasteiger partial charge in [-0.05, 0) is 48.6 Å². The van der Waals surface area contributed by atoms with Gasteiger partial charge < -0.3 is 10.5 Å². The molecular weight excluding hydrogens is 260 g/mol. The van der Waals surface area contributed by atoms with Crippen molar-refractivity contribution in [2.75, 3.05) is 0 Å². The minimum absolute atomic E-state index is 0.278. The third-order valence-electron chi connectivity index (χ3n) is 4.80. The molecule has 3 atom stereocenters. The number of aromatic nitrogens is 1. The van der Waals surface area contributed by atoms with E-state index in [4.69, 9.17) is 10.5 Å². The monoisotopic (exact) mass is 284 g/mol. The van der Waals surface area contributed by atoms with Crippen molar-refractivity contribution in [2.45, 2.75) is 45.8 Å². The van der Waals surface area contributed by atoms with Crippen LogP contribution in [-0.2, 0) is 6.54 Å². The summed E-state index contributed by atoms with van der Waals surface area (Å²) in [6.45, 7) is 5.10. The minimum Gasteiger partial charge on any atom is -0.474 e. The summed E-state index contributed by atoms with van der Waals surface area (Å²) in [5.74, 6) is 2.26. The molecule has 0 saturated heterocycles. The Hall–Kier alpha value is -1.61. The van der Waals surface area contributed by atoms with Crippen LogP contribution in [-0.4, -0.2) is 11.1 Å². The molecule has 21 heavy (non-hydrogen) atoms. The lowest BCUT2D eigenvalue weighted by atomic mass is 9.80. The first-order valence-corrected chi connectivity index (χ1v) is 7.92. The summed E-state index contributed by atoms with van der Waals surface area (Å²) in [5.41, 5.74) is 6.65. The Morgan fingerprint density at radius 2 is 2.00 bits per heavy atom. The number of nitrogens with two attached hydrogens (primary N) is 1. The first-order valence-electron chi connectivity index (χ1n) is 7.92. The van der Waals surface area contributed by atoms with Crippen molar-refractivity contribution in [3.05, 3.63) is 36.0 Å². The molecule has 0 amide bonds. The molecule has 2 N–H and O–H groups in total. The zero-order chi connectivity index (χ0) is 14.8. The van der Waals surface area contributed by atoms with Crippen LogP contribution >= 0.6 is 0 Å². The summed E-state index contributed by atoms with van der Waals surface area (Å²) in [7, 11) is 0. The SMILES string of the molecule is CC1CCC(Oc2nc(CN)cc3ccccc23)CC1C. The quantitative estimate of drug-likeness (QED) is 0.930. The van der Waals surface area contributed by atoms with Gasteiger partial charge in [0.05, 0.1) is 5.69 Å². The highest BCUT2D eigenvalue weighted by Crippen LogP contribution is 2.33. The van der Waals surface area contributed by atoms with Crippen molar-refractivity contribution < 1.29 is 4.74 Å². The van der Waals surface area contributed by atoms with Gasteiger partial charge in [0.1, 0.15) is 6.10 Å². The maximum atomic E-state index is 6.26. The van der Waals surface area contributed by atoms with E-state index < -0.39 is 0 Å². The van der Waals surface area contributed by atoms with Crippen LogP contribution in [0.15, 0.2) is 30.3 Å². The molecule has 3 nitrogen and oxygen atoms in total. The van der Waals surface area contributed by atoms with Gasteiger partial charge in [0.25, 0.3) is 0 Å². The van der Waals surface area contributed by atoms with Crippen molar-refractivity contribution in [2.24, 2.45) is 17.6 Å². The van der Waals surface area contributed by atoms with Crippen LogP contribution in [0.1, 0.15) is 38.8 Å². The molecule has 3 unspecified atom stereocenters. The lowest BCUT2D eigenvalue weighted by molar-refractivity contribution is 0.0978. The second-order valence-corrected chi connectivity index (χ2v) is 6.35. The smallest absolute Gasteiger partial charge is 0.221 e. The summed E-state index contributed by atoms with van der Waals surface area (Å²) in [4.78, 5) is 4.61. The summed E-state index contributed by atoms with van der Waals surface area (Å²) < 4.78 is 6.26. The summed E-state index contributed by atoms with van der Waals surface area (Å²) in [6, 6.07) is 10.3. The van der Waals surface area contributed by atoms with Crippen LogP contribution in [0.25, 0.3) is 10.8 Å². The predicted octanol–water partition coefficient (Wildman–Crippen LogP) is 3.90. The molecule has 112 valence electrons. The zero-order valence-electron chi connectivity index (χ0n) is 12.9. The van der Waals surface area contributed by atoms with Crippen LogP contribution in [0.5, 0.6) is 5.88 Å². The van der Waals surface area contributed by atoms with Crippen LogP contribution in [0.4, 0.5) is 0 Å². The predicted molar refractivity (Wildman–Crippen MR) is 86.2 cm³/mol. The Balaban J connectivity index is 1.89. The first kappa shape index (κ1) is 14.3. The fourth-order valence-corrected chi connectivity index (χ4v) is 3.18. The molecule has 1 aromatic carbocycles. The topological polar surface area (TPSA) is 48.1 Å². The highest BCUT2D eigenvalue weighted by molar-refractivity contribution is 5.87. The Morgan fingerprint density at radius 3 is 2.76 bits per heavy atom. The largest absolute Gasteiger partial charge is 0.474 e. The Kier molecular flexibility index (Phi) is 4.11. The molecule has 0 bridgehead atoms. The number of ether oxygens (including phenoxy) is 1. The number of rotatable bonds is 3. The molecule has 1 saturated carbocycles. The molecule has 1 aliphatic carbocycles. The number of hydrogen-bond acceptors (Lipinski definition) is 3. The Bertz CT molecular complexity index is 626. The van der Waals surface area contributed by atoms with Gasteiger partial charge in [-0.1, -0.05) is 32.0 Å². The second-order valence-electron chi connectivity index (χ2n) is 6.35. The number of benzene rings is 1. The van der Waals surface area contributed by atoms with Crippen LogP contribution in [0.2, 0.25) is 0 Å². The maximum absolute atomic E-state index is 6.26. The van der Waals surface area contributed by atoms with Gasteiger partial charge in [0, 0.05) is 11.9 Å². The van der Waals surface area contributed by atoms with E-state index in [0.29, 0.717) is 12.5 Å². The van der Waals surface area contributed by atoms with E-state index >= 15 is 0 Å². The van der Waals surface area contributed by atoms with Gasteiger partial charge in [0.2, 0.25) is 5.88 Å². The van der Waals surface area contributed by atoms with Gasteiger partial charge in [-0.15, -0.1) is 0 Å². The minimum atomic E-state index is 0.278. The van der Waals surface area contributed by atoms with Crippen LogP contribution in [0.3, 0.4) is 0 Å². The van der Waals surface area contributed by atoms with Gasteiger partial charge in [-0.3, -0.25) is 0 Å². The van der Waals surface area contributed by atoms with Crippen LogP contribution in [0, 0.1) is 11.8 Å². The van der Waals surface area contributed by atoms with Crippen molar-refractivity contribution in [1.29, 1.82) is 0 Å². The van der Waals surface area contributed by atoms with Crippen molar-refractivity contribution >= 4 is 10.8 Å². The lowest BCUT2D eigenvalue weighted by Gasteiger charge is -2.32. The van der Waals surface area contributed by atoms with Crippen molar-refractivity contribution in [3.63, 3.8) is 0 Å². The van der Waals surface area contributed by atoms with E-state index in [1.807, 2.05) is 18.2 Å². The second kappa shape index (κ2) is 6.02. The standard InChI is InChI=1S/C18H24N2O/c1-12-7-8-16(9-13(12)2)21-18-17-6-4-3-5-14(17)10-15(11-19)20-18/h3-6,10,12-13,16H,7-9,11,19H2,1-2H3. The third kappa shape index (κ3) is 3.03. The lowest BCUT2D eigenvalue weighted by Crippen LogP contribution is -2.29. The molecule has 0 radical (unpaired) electrons.